The van der Waals surface area contributed by atoms with Gasteiger partial charge in [-0.2, -0.15) is 0 Å². The van der Waals surface area contributed by atoms with E-state index in [0.717, 1.165) is 11.1 Å². The summed E-state index contributed by atoms with van der Waals surface area (Å²) in [5.74, 6) is -0.187. The van der Waals surface area contributed by atoms with Crippen molar-refractivity contribution in [1.82, 2.24) is 15.2 Å². The predicted molar refractivity (Wildman–Crippen MR) is 86.6 cm³/mol. The van der Waals surface area contributed by atoms with Crippen molar-refractivity contribution >= 4 is 5.91 Å². The molecule has 0 fully saturated rings. The third kappa shape index (κ3) is 4.13. The molecule has 0 aliphatic rings. The van der Waals surface area contributed by atoms with Crippen LogP contribution in [-0.2, 0) is 0 Å². The lowest BCUT2D eigenvalue weighted by atomic mass is 10.00. The maximum absolute atomic E-state index is 12.5. The number of carbonyl (C=O) groups is 1. The highest BCUT2D eigenvalue weighted by Crippen LogP contribution is 2.22. The Morgan fingerprint density at radius 3 is 2.55 bits per heavy atom. The Labute approximate surface area is 130 Å². The van der Waals surface area contributed by atoms with Crippen LogP contribution in [0.4, 0.5) is 0 Å². The molecule has 2 N–H and O–H groups in total. The van der Waals surface area contributed by atoms with Gasteiger partial charge in [-0.1, -0.05) is 18.2 Å². The van der Waals surface area contributed by atoms with Crippen LogP contribution in [0.1, 0.15) is 10.4 Å². The number of carbonyl (C=O) groups excluding carboxylic acids is 1. The van der Waals surface area contributed by atoms with Crippen molar-refractivity contribution in [2.24, 2.45) is 0 Å². The molecule has 1 amide bonds. The molecule has 0 aliphatic heterocycles. The molecule has 22 heavy (non-hydrogen) atoms. The van der Waals surface area contributed by atoms with E-state index in [1.54, 1.807) is 18.5 Å². The average molecular weight is 299 g/mol. The summed E-state index contributed by atoms with van der Waals surface area (Å²) in [7, 11) is 3.81. The highest BCUT2D eigenvalue weighted by molar-refractivity contribution is 6.01. The first-order valence-electron chi connectivity index (χ1n) is 7.17. The molecule has 116 valence electrons. The number of aliphatic hydroxyl groups excluding tert-OH is 1. The summed E-state index contributed by atoms with van der Waals surface area (Å²) >= 11 is 0. The molecule has 0 bridgehead atoms. The molecule has 2 aromatic rings. The summed E-state index contributed by atoms with van der Waals surface area (Å²) in [5, 5.41) is 12.3. The van der Waals surface area contributed by atoms with E-state index in [1.165, 1.54) is 0 Å². The van der Waals surface area contributed by atoms with Gasteiger partial charge in [-0.05, 0) is 43.4 Å². The molecule has 1 unspecified atom stereocenters. The number of rotatable bonds is 6. The van der Waals surface area contributed by atoms with Gasteiger partial charge in [0.05, 0.1) is 12.6 Å². The first kappa shape index (κ1) is 16.1. The SMILES string of the molecule is CN(C)CC(CO)NC(=O)c1ccccc1-c1ccncc1. The molecular weight excluding hydrogens is 278 g/mol. The molecule has 0 saturated heterocycles. The Morgan fingerprint density at radius 1 is 1.23 bits per heavy atom. The average Bonchev–Trinajstić information content (AvgIpc) is 2.54. The van der Waals surface area contributed by atoms with Gasteiger partial charge in [0, 0.05) is 24.5 Å². The zero-order valence-electron chi connectivity index (χ0n) is 12.9. The maximum atomic E-state index is 12.5. The molecule has 0 aliphatic carbocycles. The van der Waals surface area contributed by atoms with E-state index in [0.29, 0.717) is 12.1 Å². The van der Waals surface area contributed by atoms with Crippen molar-refractivity contribution in [2.45, 2.75) is 6.04 Å². The van der Waals surface area contributed by atoms with E-state index in [1.807, 2.05) is 49.3 Å². The molecule has 1 aromatic heterocycles. The van der Waals surface area contributed by atoms with Crippen LogP contribution in [0.15, 0.2) is 48.8 Å². The van der Waals surface area contributed by atoms with Gasteiger partial charge in [0.15, 0.2) is 0 Å². The monoisotopic (exact) mass is 299 g/mol. The number of hydrogen-bond donors (Lipinski definition) is 2. The van der Waals surface area contributed by atoms with Gasteiger partial charge in [0.25, 0.3) is 5.91 Å². The minimum absolute atomic E-state index is 0.0959. The second-order valence-corrected chi connectivity index (χ2v) is 5.40. The van der Waals surface area contributed by atoms with Crippen LogP contribution in [0.2, 0.25) is 0 Å². The zero-order valence-corrected chi connectivity index (χ0v) is 12.9. The fraction of sp³-hybridized carbons (Fsp3) is 0.294. The maximum Gasteiger partial charge on any atom is 0.252 e. The van der Waals surface area contributed by atoms with Crippen LogP contribution in [-0.4, -0.2) is 54.2 Å². The number of aliphatic hydroxyl groups is 1. The third-order valence-corrected chi connectivity index (χ3v) is 3.30. The molecule has 0 saturated carbocycles. The van der Waals surface area contributed by atoms with Crippen LogP contribution >= 0.6 is 0 Å². The Morgan fingerprint density at radius 2 is 1.91 bits per heavy atom. The number of likely N-dealkylation sites (N-methyl/N-ethyl adjacent to an activating group) is 1. The normalized spacial score (nSPS) is 12.2. The fourth-order valence-corrected chi connectivity index (χ4v) is 2.32. The van der Waals surface area contributed by atoms with Crippen molar-refractivity contribution in [2.75, 3.05) is 27.2 Å². The van der Waals surface area contributed by atoms with Gasteiger partial charge < -0.3 is 15.3 Å². The van der Waals surface area contributed by atoms with E-state index in [9.17, 15) is 9.90 Å². The van der Waals surface area contributed by atoms with Crippen molar-refractivity contribution in [3.63, 3.8) is 0 Å². The van der Waals surface area contributed by atoms with Crippen LogP contribution in [0.25, 0.3) is 11.1 Å². The fourth-order valence-electron chi connectivity index (χ4n) is 2.32. The Hall–Kier alpha value is -2.24. The molecule has 0 spiro atoms. The largest absolute Gasteiger partial charge is 0.394 e. The predicted octanol–water partition coefficient (Wildman–Crippen LogP) is 1.40. The summed E-state index contributed by atoms with van der Waals surface area (Å²) in [6.45, 7) is 0.487. The molecule has 5 nitrogen and oxygen atoms in total. The summed E-state index contributed by atoms with van der Waals surface area (Å²) in [4.78, 5) is 18.5. The summed E-state index contributed by atoms with van der Waals surface area (Å²) in [6, 6.07) is 10.9. The molecule has 0 radical (unpaired) electrons. The molecule has 2 rings (SSSR count). The van der Waals surface area contributed by atoms with Crippen molar-refractivity contribution in [3.8, 4) is 11.1 Å². The van der Waals surface area contributed by atoms with Gasteiger partial charge >= 0.3 is 0 Å². The van der Waals surface area contributed by atoms with Crippen LogP contribution < -0.4 is 5.32 Å². The van der Waals surface area contributed by atoms with Crippen LogP contribution in [0.5, 0.6) is 0 Å². The Kier molecular flexibility index (Phi) is 5.63. The number of amides is 1. The first-order valence-corrected chi connectivity index (χ1v) is 7.17. The number of pyridine rings is 1. The van der Waals surface area contributed by atoms with Crippen LogP contribution in [0.3, 0.4) is 0 Å². The molecule has 1 atom stereocenters. The van der Waals surface area contributed by atoms with E-state index < -0.39 is 0 Å². The lowest BCUT2D eigenvalue weighted by Crippen LogP contribution is -2.44. The van der Waals surface area contributed by atoms with Crippen molar-refractivity contribution in [1.29, 1.82) is 0 Å². The first-order chi connectivity index (χ1) is 10.6. The highest BCUT2D eigenvalue weighted by Gasteiger charge is 2.16. The number of aromatic nitrogens is 1. The minimum atomic E-state index is -0.298. The van der Waals surface area contributed by atoms with Gasteiger partial charge in [-0.25, -0.2) is 0 Å². The van der Waals surface area contributed by atoms with Gasteiger partial charge in [0.1, 0.15) is 0 Å². The lowest BCUT2D eigenvalue weighted by Gasteiger charge is -2.21. The van der Waals surface area contributed by atoms with E-state index in [4.69, 9.17) is 0 Å². The lowest BCUT2D eigenvalue weighted by molar-refractivity contribution is 0.0905. The second-order valence-electron chi connectivity index (χ2n) is 5.40. The van der Waals surface area contributed by atoms with Crippen LogP contribution in [0, 0.1) is 0 Å². The summed E-state index contributed by atoms with van der Waals surface area (Å²) < 4.78 is 0. The van der Waals surface area contributed by atoms with E-state index in [2.05, 4.69) is 10.3 Å². The van der Waals surface area contributed by atoms with Crippen molar-refractivity contribution < 1.29 is 9.90 Å². The number of nitrogens with one attached hydrogen (secondary N) is 1. The highest BCUT2D eigenvalue weighted by atomic mass is 16.3. The molecule has 5 heteroatoms. The van der Waals surface area contributed by atoms with Gasteiger partial charge in [-0.15, -0.1) is 0 Å². The number of nitrogens with zero attached hydrogens (tertiary/aromatic N) is 2. The molecular formula is C17H21N3O2. The molecule has 1 aromatic carbocycles. The second kappa shape index (κ2) is 7.68. The number of benzene rings is 1. The smallest absolute Gasteiger partial charge is 0.252 e. The third-order valence-electron chi connectivity index (χ3n) is 3.30. The number of hydrogen-bond acceptors (Lipinski definition) is 4. The van der Waals surface area contributed by atoms with Crippen molar-refractivity contribution in [3.05, 3.63) is 54.4 Å². The van der Waals surface area contributed by atoms with E-state index in [-0.39, 0.29) is 18.6 Å². The quantitative estimate of drug-likeness (QED) is 0.846. The topological polar surface area (TPSA) is 65.5 Å². The summed E-state index contributed by atoms with van der Waals surface area (Å²) in [6.07, 6.45) is 3.40. The Balaban J connectivity index is 2.23. The van der Waals surface area contributed by atoms with Gasteiger partial charge in [0.2, 0.25) is 0 Å². The van der Waals surface area contributed by atoms with E-state index >= 15 is 0 Å². The van der Waals surface area contributed by atoms with Gasteiger partial charge in [-0.3, -0.25) is 9.78 Å². The minimum Gasteiger partial charge on any atom is -0.394 e. The summed E-state index contributed by atoms with van der Waals surface area (Å²) in [5.41, 5.74) is 2.38. The zero-order chi connectivity index (χ0) is 15.9. The Bertz CT molecular complexity index is 614. The molecule has 1 heterocycles. The standard InChI is InChI=1S/C17H21N3O2/c1-20(2)11-14(12-21)19-17(22)16-6-4-3-5-15(16)13-7-9-18-10-8-13/h3-10,14,21H,11-12H2,1-2H3,(H,19,22).